The van der Waals surface area contributed by atoms with Gasteiger partial charge in [0.15, 0.2) is 0 Å². The molecular formula is C12H21NO2. The lowest BCUT2D eigenvalue weighted by Crippen LogP contribution is -2.36. The van der Waals surface area contributed by atoms with E-state index in [1.54, 1.807) is 0 Å². The summed E-state index contributed by atoms with van der Waals surface area (Å²) >= 11 is 0. The molecule has 3 nitrogen and oxygen atoms in total. The van der Waals surface area contributed by atoms with Crippen LogP contribution in [0.25, 0.3) is 0 Å². The molecule has 0 bridgehead atoms. The Morgan fingerprint density at radius 2 is 1.93 bits per heavy atom. The van der Waals surface area contributed by atoms with Gasteiger partial charge in [-0.05, 0) is 26.2 Å². The van der Waals surface area contributed by atoms with Crippen molar-refractivity contribution in [2.45, 2.75) is 44.7 Å². The van der Waals surface area contributed by atoms with Gasteiger partial charge in [0.25, 0.3) is 0 Å². The molecule has 0 heterocycles. The molecule has 3 heteroatoms. The van der Waals surface area contributed by atoms with Crippen LogP contribution in [0.3, 0.4) is 0 Å². The molecule has 1 unspecified atom stereocenters. The van der Waals surface area contributed by atoms with Gasteiger partial charge in [-0.15, -0.1) is 13.2 Å². The summed E-state index contributed by atoms with van der Waals surface area (Å²) in [6.07, 6.45) is 6.35. The third-order valence-electron chi connectivity index (χ3n) is 2.21. The van der Waals surface area contributed by atoms with E-state index in [2.05, 4.69) is 18.5 Å². The van der Waals surface area contributed by atoms with E-state index in [0.717, 1.165) is 12.8 Å². The van der Waals surface area contributed by atoms with Gasteiger partial charge in [0.1, 0.15) is 0 Å². The highest BCUT2D eigenvalue weighted by Crippen LogP contribution is 2.04. The molecule has 0 aliphatic heterocycles. The highest BCUT2D eigenvalue weighted by molar-refractivity contribution is 5.66. The maximum Gasteiger partial charge on any atom is 0.303 e. The largest absolute Gasteiger partial charge is 0.481 e. The molecular weight excluding hydrogens is 190 g/mol. The molecule has 0 aromatic heterocycles. The first-order valence-electron chi connectivity index (χ1n) is 5.29. The third kappa shape index (κ3) is 7.94. The van der Waals surface area contributed by atoms with Gasteiger partial charge in [0.2, 0.25) is 0 Å². The Labute approximate surface area is 91.9 Å². The number of hydrogen-bond donors (Lipinski definition) is 2. The van der Waals surface area contributed by atoms with Crippen molar-refractivity contribution in [1.82, 2.24) is 5.32 Å². The zero-order valence-corrected chi connectivity index (χ0v) is 9.41. The van der Waals surface area contributed by atoms with E-state index in [1.165, 1.54) is 0 Å². The molecule has 0 aromatic carbocycles. The number of hydrogen-bond acceptors (Lipinski definition) is 2. The van der Waals surface area contributed by atoms with Crippen molar-refractivity contribution in [3.05, 3.63) is 25.3 Å². The third-order valence-corrected chi connectivity index (χ3v) is 2.21. The molecule has 0 radical (unpaired) electrons. The van der Waals surface area contributed by atoms with Crippen LogP contribution in [0.15, 0.2) is 25.3 Å². The highest BCUT2D eigenvalue weighted by Gasteiger charge is 2.10. The number of carboxylic acid groups (broad SMARTS) is 1. The molecule has 0 saturated heterocycles. The van der Waals surface area contributed by atoms with Crippen LogP contribution in [-0.2, 0) is 4.79 Å². The van der Waals surface area contributed by atoms with Gasteiger partial charge in [-0.3, -0.25) is 4.79 Å². The summed E-state index contributed by atoms with van der Waals surface area (Å²) in [5, 5.41) is 11.9. The first-order valence-corrected chi connectivity index (χ1v) is 5.29. The molecule has 0 aliphatic rings. The Morgan fingerprint density at radius 3 is 2.33 bits per heavy atom. The Bertz CT molecular complexity index is 204. The second kappa shape index (κ2) is 8.24. The normalized spacial score (nSPS) is 12.4. The lowest BCUT2D eigenvalue weighted by molar-refractivity contribution is -0.137. The van der Waals surface area contributed by atoms with Crippen molar-refractivity contribution in [1.29, 1.82) is 0 Å². The molecule has 0 spiro atoms. The van der Waals surface area contributed by atoms with Crippen LogP contribution in [0.5, 0.6) is 0 Å². The summed E-state index contributed by atoms with van der Waals surface area (Å²) in [5.41, 5.74) is 0. The summed E-state index contributed by atoms with van der Waals surface area (Å²) in [4.78, 5) is 10.4. The summed E-state index contributed by atoms with van der Waals surface area (Å²) in [6, 6.07) is 0.537. The number of nitrogens with one attached hydrogen (secondary N) is 1. The summed E-state index contributed by atoms with van der Waals surface area (Å²) in [5.74, 6) is -0.743. The Kier molecular flexibility index (Phi) is 7.64. The van der Waals surface area contributed by atoms with Gasteiger partial charge in [-0.25, -0.2) is 0 Å². The Balaban J connectivity index is 3.86. The fraction of sp³-hybridized carbons (Fsp3) is 0.583. The van der Waals surface area contributed by atoms with E-state index in [9.17, 15) is 4.79 Å². The average Bonchev–Trinajstić information content (AvgIpc) is 2.15. The van der Waals surface area contributed by atoms with Crippen molar-refractivity contribution in [2.75, 3.05) is 0 Å². The number of aliphatic carboxylic acids is 1. The van der Waals surface area contributed by atoms with E-state index >= 15 is 0 Å². The minimum atomic E-state index is -0.743. The summed E-state index contributed by atoms with van der Waals surface area (Å²) in [7, 11) is 0. The van der Waals surface area contributed by atoms with Gasteiger partial charge in [-0.1, -0.05) is 12.2 Å². The topological polar surface area (TPSA) is 49.3 Å². The van der Waals surface area contributed by atoms with Crippen molar-refractivity contribution >= 4 is 5.97 Å². The first kappa shape index (κ1) is 13.9. The van der Waals surface area contributed by atoms with Crippen molar-refractivity contribution < 1.29 is 9.90 Å². The smallest absolute Gasteiger partial charge is 0.303 e. The standard InChI is InChI=1S/C12H21NO2/c1-4-6-11(7-5-2)13-10(3)8-9-12(14)15/h4-5,10-11,13H,1-2,6-9H2,3H3,(H,14,15). The van der Waals surface area contributed by atoms with Crippen LogP contribution in [0.1, 0.15) is 32.6 Å². The first-order chi connectivity index (χ1) is 7.10. The monoisotopic (exact) mass is 211 g/mol. The van der Waals surface area contributed by atoms with Gasteiger partial charge in [0.05, 0.1) is 0 Å². The van der Waals surface area contributed by atoms with Crippen LogP contribution in [0, 0.1) is 0 Å². The lowest BCUT2D eigenvalue weighted by Gasteiger charge is -2.20. The molecule has 15 heavy (non-hydrogen) atoms. The predicted molar refractivity (Wildman–Crippen MR) is 62.9 cm³/mol. The summed E-state index contributed by atoms with van der Waals surface area (Å²) in [6.45, 7) is 9.39. The molecule has 2 N–H and O–H groups in total. The van der Waals surface area contributed by atoms with Gasteiger partial charge in [-0.2, -0.15) is 0 Å². The van der Waals surface area contributed by atoms with Crippen LogP contribution >= 0.6 is 0 Å². The van der Waals surface area contributed by atoms with Gasteiger partial charge in [0, 0.05) is 18.5 Å². The van der Waals surface area contributed by atoms with E-state index in [4.69, 9.17) is 5.11 Å². The fourth-order valence-corrected chi connectivity index (χ4v) is 1.46. The molecule has 0 rings (SSSR count). The number of carbonyl (C=O) groups is 1. The molecule has 1 atom stereocenters. The molecule has 0 amide bonds. The molecule has 0 aliphatic carbocycles. The van der Waals surface area contributed by atoms with Crippen molar-refractivity contribution in [3.8, 4) is 0 Å². The fourth-order valence-electron chi connectivity index (χ4n) is 1.46. The van der Waals surface area contributed by atoms with Crippen molar-refractivity contribution in [3.63, 3.8) is 0 Å². The van der Waals surface area contributed by atoms with Gasteiger partial charge >= 0.3 is 5.97 Å². The highest BCUT2D eigenvalue weighted by atomic mass is 16.4. The number of rotatable bonds is 9. The second-order valence-corrected chi connectivity index (χ2v) is 3.75. The molecule has 0 fully saturated rings. The van der Waals surface area contributed by atoms with E-state index in [1.807, 2.05) is 19.1 Å². The van der Waals surface area contributed by atoms with Crippen LogP contribution in [0.4, 0.5) is 0 Å². The zero-order valence-electron chi connectivity index (χ0n) is 9.41. The van der Waals surface area contributed by atoms with Crippen molar-refractivity contribution in [2.24, 2.45) is 0 Å². The second-order valence-electron chi connectivity index (χ2n) is 3.75. The summed E-state index contributed by atoms with van der Waals surface area (Å²) < 4.78 is 0. The van der Waals surface area contributed by atoms with Gasteiger partial charge < -0.3 is 10.4 Å². The van der Waals surface area contributed by atoms with E-state index in [0.29, 0.717) is 12.5 Å². The van der Waals surface area contributed by atoms with E-state index in [-0.39, 0.29) is 12.5 Å². The zero-order chi connectivity index (χ0) is 11.7. The quantitative estimate of drug-likeness (QED) is 0.575. The van der Waals surface area contributed by atoms with Crippen LogP contribution in [0.2, 0.25) is 0 Å². The minimum Gasteiger partial charge on any atom is -0.481 e. The van der Waals surface area contributed by atoms with Crippen LogP contribution in [-0.4, -0.2) is 23.2 Å². The Morgan fingerprint density at radius 1 is 1.40 bits per heavy atom. The molecule has 0 aromatic rings. The maximum absolute atomic E-state index is 10.4. The predicted octanol–water partition coefficient (Wildman–Crippen LogP) is 2.35. The maximum atomic E-state index is 10.4. The minimum absolute atomic E-state index is 0.211. The SMILES string of the molecule is C=CCC(CC=C)NC(C)CCC(=O)O. The number of carboxylic acids is 1. The Hall–Kier alpha value is -1.09. The van der Waals surface area contributed by atoms with E-state index < -0.39 is 5.97 Å². The van der Waals surface area contributed by atoms with Crippen LogP contribution < -0.4 is 5.32 Å². The lowest BCUT2D eigenvalue weighted by atomic mass is 10.1. The molecule has 0 saturated carbocycles. The average molecular weight is 211 g/mol. The molecule has 86 valence electrons.